The quantitative estimate of drug-likeness (QED) is 0.226. The van der Waals surface area contributed by atoms with Crippen LogP contribution in [-0.2, 0) is 13.0 Å². The maximum absolute atomic E-state index is 2.36. The standard InChI is InChI=1S/C23H42N/c1-3-5-7-9-10-11-12-14-16-20-24-21-18-23(19-22-24)17-15-13-8-6-4-2/h18-19,21-22H,3-17,20H2,1-2H3/q+1. The third kappa shape index (κ3) is 11.6. The smallest absolute Gasteiger partial charge is 0.169 e. The van der Waals surface area contributed by atoms with Gasteiger partial charge in [0.25, 0.3) is 0 Å². The van der Waals surface area contributed by atoms with Gasteiger partial charge in [-0.15, -0.1) is 0 Å². The zero-order valence-corrected chi connectivity index (χ0v) is 16.6. The normalized spacial score (nSPS) is 11.1. The van der Waals surface area contributed by atoms with Crippen molar-refractivity contribution in [3.05, 3.63) is 30.1 Å². The van der Waals surface area contributed by atoms with E-state index < -0.39 is 0 Å². The van der Waals surface area contributed by atoms with E-state index >= 15 is 0 Å². The molecule has 1 heterocycles. The van der Waals surface area contributed by atoms with E-state index in [2.05, 4.69) is 42.9 Å². The molecule has 0 aliphatic heterocycles. The zero-order chi connectivity index (χ0) is 17.3. The van der Waals surface area contributed by atoms with Crippen LogP contribution in [0.1, 0.15) is 109 Å². The van der Waals surface area contributed by atoms with E-state index in [0.29, 0.717) is 0 Å². The molecule has 0 radical (unpaired) electrons. The number of rotatable bonds is 16. The van der Waals surface area contributed by atoms with Crippen LogP contribution >= 0.6 is 0 Å². The molecule has 0 spiro atoms. The molecule has 0 aromatic carbocycles. The Hall–Kier alpha value is -0.850. The molecule has 0 saturated carbocycles. The van der Waals surface area contributed by atoms with Crippen LogP contribution in [0.5, 0.6) is 0 Å². The van der Waals surface area contributed by atoms with E-state index in [9.17, 15) is 0 Å². The Morgan fingerprint density at radius 1 is 0.583 bits per heavy atom. The maximum atomic E-state index is 2.36. The van der Waals surface area contributed by atoms with E-state index in [0.717, 1.165) is 0 Å². The lowest BCUT2D eigenvalue weighted by molar-refractivity contribution is -0.697. The molecule has 1 rings (SSSR count). The van der Waals surface area contributed by atoms with Gasteiger partial charge in [0.1, 0.15) is 6.54 Å². The highest BCUT2D eigenvalue weighted by atomic mass is 14.9. The van der Waals surface area contributed by atoms with Crippen molar-refractivity contribution in [2.45, 2.75) is 117 Å². The minimum Gasteiger partial charge on any atom is -0.205 e. The van der Waals surface area contributed by atoms with Gasteiger partial charge in [-0.1, -0.05) is 84.5 Å². The third-order valence-electron chi connectivity index (χ3n) is 5.05. The fraction of sp³-hybridized carbons (Fsp3) is 0.783. The summed E-state index contributed by atoms with van der Waals surface area (Å²) in [6.07, 6.45) is 25.4. The van der Waals surface area contributed by atoms with Crippen molar-refractivity contribution in [1.29, 1.82) is 0 Å². The number of hydrogen-bond acceptors (Lipinski definition) is 0. The Morgan fingerprint density at radius 3 is 1.58 bits per heavy atom. The molecule has 0 fully saturated rings. The van der Waals surface area contributed by atoms with Crippen LogP contribution in [0.4, 0.5) is 0 Å². The molecule has 1 heteroatoms. The SMILES string of the molecule is CCCCCCCCCCC[n+]1ccc(CCCCCCC)cc1. The minimum absolute atomic E-state index is 1.19. The Kier molecular flexibility index (Phi) is 13.8. The van der Waals surface area contributed by atoms with E-state index in [-0.39, 0.29) is 0 Å². The minimum atomic E-state index is 1.19. The van der Waals surface area contributed by atoms with Crippen LogP contribution in [-0.4, -0.2) is 0 Å². The first-order valence-corrected chi connectivity index (χ1v) is 10.8. The zero-order valence-electron chi connectivity index (χ0n) is 16.6. The van der Waals surface area contributed by atoms with Crippen LogP contribution < -0.4 is 4.57 Å². The lowest BCUT2D eigenvalue weighted by Gasteiger charge is -2.02. The van der Waals surface area contributed by atoms with Crippen molar-refractivity contribution in [1.82, 2.24) is 0 Å². The molecule has 0 amide bonds. The summed E-state index contributed by atoms with van der Waals surface area (Å²) in [6.45, 7) is 5.76. The lowest BCUT2D eigenvalue weighted by atomic mass is 10.1. The summed E-state index contributed by atoms with van der Waals surface area (Å²) in [4.78, 5) is 0. The molecule has 1 nitrogen and oxygen atoms in total. The van der Waals surface area contributed by atoms with Gasteiger partial charge >= 0.3 is 0 Å². The molecule has 1 aromatic heterocycles. The highest BCUT2D eigenvalue weighted by molar-refractivity contribution is 5.07. The van der Waals surface area contributed by atoms with Gasteiger partial charge < -0.3 is 0 Å². The van der Waals surface area contributed by atoms with E-state index in [1.54, 1.807) is 0 Å². The Balaban J connectivity index is 2.00. The largest absolute Gasteiger partial charge is 0.205 e. The number of pyridine rings is 1. The monoisotopic (exact) mass is 332 g/mol. The molecule has 0 aliphatic carbocycles. The first-order valence-electron chi connectivity index (χ1n) is 10.8. The molecular weight excluding hydrogens is 290 g/mol. The average Bonchev–Trinajstić information content (AvgIpc) is 2.61. The summed E-state index contributed by atoms with van der Waals surface area (Å²) >= 11 is 0. The predicted molar refractivity (Wildman–Crippen MR) is 106 cm³/mol. The lowest BCUT2D eigenvalue weighted by Crippen LogP contribution is -2.32. The van der Waals surface area contributed by atoms with Crippen LogP contribution in [0.2, 0.25) is 0 Å². The summed E-state index contributed by atoms with van der Waals surface area (Å²) in [5.74, 6) is 0. The summed E-state index contributed by atoms with van der Waals surface area (Å²) in [5, 5.41) is 0. The highest BCUT2D eigenvalue weighted by Gasteiger charge is 2.01. The van der Waals surface area contributed by atoms with Crippen molar-refractivity contribution >= 4 is 0 Å². The van der Waals surface area contributed by atoms with Crippen LogP contribution in [0.15, 0.2) is 24.5 Å². The van der Waals surface area contributed by atoms with Gasteiger partial charge in [0.2, 0.25) is 0 Å². The highest BCUT2D eigenvalue weighted by Crippen LogP contribution is 2.10. The van der Waals surface area contributed by atoms with Gasteiger partial charge in [-0.3, -0.25) is 0 Å². The molecule has 0 unspecified atom stereocenters. The van der Waals surface area contributed by atoms with Gasteiger partial charge in [0, 0.05) is 18.6 Å². The maximum Gasteiger partial charge on any atom is 0.169 e. The van der Waals surface area contributed by atoms with Crippen molar-refractivity contribution in [3.63, 3.8) is 0 Å². The third-order valence-corrected chi connectivity index (χ3v) is 5.05. The van der Waals surface area contributed by atoms with Gasteiger partial charge in [-0.25, -0.2) is 4.57 Å². The molecule has 1 aromatic rings. The van der Waals surface area contributed by atoms with E-state index in [4.69, 9.17) is 0 Å². The number of aryl methyl sites for hydroxylation is 2. The van der Waals surface area contributed by atoms with Crippen LogP contribution in [0, 0.1) is 0 Å². The van der Waals surface area contributed by atoms with E-state index in [1.165, 1.54) is 108 Å². The van der Waals surface area contributed by atoms with Crippen LogP contribution in [0.3, 0.4) is 0 Å². The Bertz CT molecular complexity index is 368. The summed E-state index contributed by atoms with van der Waals surface area (Å²) in [5.41, 5.74) is 1.51. The Labute approximate surface area is 151 Å². The molecule has 0 bridgehead atoms. The fourth-order valence-electron chi connectivity index (χ4n) is 3.34. The predicted octanol–water partition coefficient (Wildman–Crippen LogP) is 7.02. The Morgan fingerprint density at radius 2 is 1.04 bits per heavy atom. The topological polar surface area (TPSA) is 3.88 Å². The van der Waals surface area contributed by atoms with Crippen molar-refractivity contribution in [2.75, 3.05) is 0 Å². The molecule has 0 saturated heterocycles. The molecule has 0 aliphatic rings. The van der Waals surface area contributed by atoms with Crippen molar-refractivity contribution in [3.8, 4) is 0 Å². The molecule has 0 atom stereocenters. The molecule has 0 N–H and O–H groups in total. The molecule has 24 heavy (non-hydrogen) atoms. The number of hydrogen-bond donors (Lipinski definition) is 0. The average molecular weight is 333 g/mol. The molecule has 138 valence electrons. The van der Waals surface area contributed by atoms with Gasteiger partial charge in [0.05, 0.1) is 0 Å². The first kappa shape index (κ1) is 21.2. The summed E-state index contributed by atoms with van der Waals surface area (Å²) < 4.78 is 2.36. The van der Waals surface area contributed by atoms with Gasteiger partial charge in [0.15, 0.2) is 12.4 Å². The number of aromatic nitrogens is 1. The number of unbranched alkanes of at least 4 members (excludes halogenated alkanes) is 12. The second-order valence-electron chi connectivity index (χ2n) is 7.44. The number of nitrogens with zero attached hydrogens (tertiary/aromatic N) is 1. The van der Waals surface area contributed by atoms with Gasteiger partial charge in [-0.05, 0) is 24.8 Å². The second kappa shape index (κ2) is 15.7. The first-order chi connectivity index (χ1) is 11.9. The summed E-state index contributed by atoms with van der Waals surface area (Å²) in [6, 6.07) is 4.65. The van der Waals surface area contributed by atoms with Crippen LogP contribution in [0.25, 0.3) is 0 Å². The van der Waals surface area contributed by atoms with E-state index in [1.807, 2.05) is 0 Å². The van der Waals surface area contributed by atoms with Gasteiger partial charge in [-0.2, -0.15) is 0 Å². The van der Waals surface area contributed by atoms with Crippen molar-refractivity contribution < 1.29 is 4.57 Å². The fourth-order valence-corrected chi connectivity index (χ4v) is 3.34. The molecular formula is C23H42N+. The second-order valence-corrected chi connectivity index (χ2v) is 7.44. The van der Waals surface area contributed by atoms with Crippen molar-refractivity contribution in [2.24, 2.45) is 0 Å². The summed E-state index contributed by atoms with van der Waals surface area (Å²) in [7, 11) is 0.